The first-order chi connectivity index (χ1) is 6.70. The van der Waals surface area contributed by atoms with Crippen LogP contribution < -0.4 is 0 Å². The third-order valence-electron chi connectivity index (χ3n) is 2.60. The molecule has 2 aliphatic rings. The number of carbonyl (C=O) groups is 1. The van der Waals surface area contributed by atoms with Gasteiger partial charge in [-0.3, -0.25) is 4.79 Å². The highest BCUT2D eigenvalue weighted by Gasteiger charge is 2.25. The van der Waals surface area contributed by atoms with Crippen molar-refractivity contribution in [3.8, 4) is 0 Å². The highest BCUT2D eigenvalue weighted by Crippen LogP contribution is 2.32. The van der Waals surface area contributed by atoms with E-state index in [2.05, 4.69) is 6.92 Å². The Morgan fingerprint density at radius 2 is 2.29 bits per heavy atom. The maximum Gasteiger partial charge on any atom is 0.164 e. The quantitative estimate of drug-likeness (QED) is 0.648. The van der Waals surface area contributed by atoms with Crippen LogP contribution in [0.15, 0.2) is 12.3 Å². The van der Waals surface area contributed by atoms with Gasteiger partial charge in [0.05, 0.1) is 6.26 Å². The first kappa shape index (κ1) is 11.3. The molecule has 0 aromatic carbocycles. The molecule has 0 aromatic rings. The monoisotopic (exact) mass is 196 g/mol. The third kappa shape index (κ3) is 3.95. The molecule has 0 amide bonds. The minimum Gasteiger partial charge on any atom is -0.488 e. The van der Waals surface area contributed by atoms with Gasteiger partial charge >= 0.3 is 0 Å². The van der Waals surface area contributed by atoms with Gasteiger partial charge < -0.3 is 4.74 Å². The second kappa shape index (κ2) is 5.18. The van der Waals surface area contributed by atoms with Crippen LogP contribution in [0.5, 0.6) is 0 Å². The summed E-state index contributed by atoms with van der Waals surface area (Å²) in [6.45, 7) is 4.03. The molecule has 80 valence electrons. The van der Waals surface area contributed by atoms with E-state index < -0.39 is 5.60 Å². The number of hydrogen-bond donors (Lipinski definition) is 0. The van der Waals surface area contributed by atoms with Gasteiger partial charge in [0, 0.05) is 6.42 Å². The molecule has 1 fully saturated rings. The van der Waals surface area contributed by atoms with E-state index in [9.17, 15) is 4.79 Å². The summed E-state index contributed by atoms with van der Waals surface area (Å²) in [7, 11) is 0. The summed E-state index contributed by atoms with van der Waals surface area (Å²) in [6.07, 6.45) is 10.9. The fourth-order valence-electron chi connectivity index (χ4n) is 1.42. The molecule has 0 N–H and O–H groups in total. The van der Waals surface area contributed by atoms with Crippen molar-refractivity contribution in [1.82, 2.24) is 0 Å². The van der Waals surface area contributed by atoms with E-state index in [4.69, 9.17) is 4.74 Å². The molecule has 0 spiro atoms. The van der Waals surface area contributed by atoms with Crippen molar-refractivity contribution in [1.29, 1.82) is 0 Å². The Labute approximate surface area is 86.3 Å². The van der Waals surface area contributed by atoms with Gasteiger partial charge in [-0.2, -0.15) is 0 Å². The van der Waals surface area contributed by atoms with Crippen molar-refractivity contribution in [3.05, 3.63) is 12.3 Å². The van der Waals surface area contributed by atoms with E-state index in [1.165, 1.54) is 25.7 Å². The van der Waals surface area contributed by atoms with Crippen LogP contribution in [-0.4, -0.2) is 11.9 Å². The van der Waals surface area contributed by atoms with E-state index in [-0.39, 0.29) is 0 Å². The van der Waals surface area contributed by atoms with Crippen molar-refractivity contribution in [2.75, 3.05) is 0 Å². The van der Waals surface area contributed by atoms with Crippen LogP contribution in [0.2, 0.25) is 0 Å². The molecule has 2 nitrogen and oxygen atoms in total. The molecular formula is C12H20O2. The molecule has 1 aliphatic heterocycles. The molecule has 0 saturated heterocycles. The smallest absolute Gasteiger partial charge is 0.164 e. The summed E-state index contributed by atoms with van der Waals surface area (Å²) in [6, 6.07) is 0. The minimum atomic E-state index is -0.556. The normalized spacial score (nSPS) is 29.0. The van der Waals surface area contributed by atoms with Gasteiger partial charge in [-0.25, -0.2) is 0 Å². The van der Waals surface area contributed by atoms with Crippen molar-refractivity contribution in [2.45, 2.75) is 51.6 Å². The average molecular weight is 196 g/mol. The maximum atomic E-state index is 10.2. The topological polar surface area (TPSA) is 26.3 Å². The van der Waals surface area contributed by atoms with Crippen LogP contribution >= 0.6 is 0 Å². The average Bonchev–Trinajstić information content (AvgIpc) is 2.89. The van der Waals surface area contributed by atoms with Crippen molar-refractivity contribution >= 4 is 6.29 Å². The Hall–Kier alpha value is -0.790. The molecule has 2 heteroatoms. The molecule has 1 saturated carbocycles. The van der Waals surface area contributed by atoms with E-state index in [1.807, 2.05) is 6.08 Å². The lowest BCUT2D eigenvalue weighted by Crippen LogP contribution is -2.23. The van der Waals surface area contributed by atoms with Crippen LogP contribution in [0, 0.1) is 5.92 Å². The van der Waals surface area contributed by atoms with Gasteiger partial charge in [-0.05, 0) is 18.9 Å². The summed E-state index contributed by atoms with van der Waals surface area (Å²) >= 11 is 0. The molecule has 14 heavy (non-hydrogen) atoms. The molecule has 0 aromatic heterocycles. The van der Waals surface area contributed by atoms with Gasteiger partial charge in [0.15, 0.2) is 11.9 Å². The molecule has 1 heterocycles. The van der Waals surface area contributed by atoms with E-state index in [1.54, 1.807) is 13.2 Å². The molecule has 1 atom stereocenters. The number of hydrogen-bond acceptors (Lipinski definition) is 2. The standard InChI is InChI=1S/C6H8O2.C6H12/c1-6(5-7)3-2-4-8-6;1-2-3-6-4-5-6/h2,4-5H,3H2,1H3;6H,2-5H2,1H3. The van der Waals surface area contributed by atoms with Gasteiger partial charge in [-0.1, -0.05) is 32.6 Å². The molecule has 0 radical (unpaired) electrons. The number of ether oxygens (including phenoxy) is 1. The van der Waals surface area contributed by atoms with Crippen molar-refractivity contribution in [3.63, 3.8) is 0 Å². The second-order valence-corrected chi connectivity index (χ2v) is 4.36. The van der Waals surface area contributed by atoms with Gasteiger partial charge in [-0.15, -0.1) is 0 Å². The summed E-state index contributed by atoms with van der Waals surface area (Å²) in [4.78, 5) is 10.2. The highest BCUT2D eigenvalue weighted by molar-refractivity contribution is 5.62. The van der Waals surface area contributed by atoms with Crippen molar-refractivity contribution in [2.24, 2.45) is 5.92 Å². The van der Waals surface area contributed by atoms with Crippen LogP contribution in [0.25, 0.3) is 0 Å². The maximum absolute atomic E-state index is 10.2. The van der Waals surface area contributed by atoms with Gasteiger partial charge in [0.25, 0.3) is 0 Å². The summed E-state index contributed by atoms with van der Waals surface area (Å²) in [5.41, 5.74) is -0.556. The largest absolute Gasteiger partial charge is 0.488 e. The van der Waals surface area contributed by atoms with Gasteiger partial charge in [0.1, 0.15) is 0 Å². The van der Waals surface area contributed by atoms with E-state index in [0.717, 1.165) is 12.2 Å². The Balaban J connectivity index is 0.000000146. The van der Waals surface area contributed by atoms with Crippen molar-refractivity contribution < 1.29 is 9.53 Å². The predicted octanol–water partition coefficient (Wildman–Crippen LogP) is 3.07. The lowest BCUT2D eigenvalue weighted by atomic mass is 10.1. The third-order valence-corrected chi connectivity index (χ3v) is 2.60. The van der Waals surface area contributed by atoms with E-state index in [0.29, 0.717) is 6.42 Å². The van der Waals surface area contributed by atoms with E-state index >= 15 is 0 Å². The highest BCUT2D eigenvalue weighted by atomic mass is 16.5. The lowest BCUT2D eigenvalue weighted by Gasteiger charge is -2.13. The predicted molar refractivity (Wildman–Crippen MR) is 56.9 cm³/mol. The number of aldehydes is 1. The molecule has 1 aliphatic carbocycles. The Morgan fingerprint density at radius 1 is 1.57 bits per heavy atom. The summed E-state index contributed by atoms with van der Waals surface area (Å²) in [5.74, 6) is 1.15. The minimum absolute atomic E-state index is 0.556. The molecule has 0 bridgehead atoms. The summed E-state index contributed by atoms with van der Waals surface area (Å²) < 4.78 is 4.94. The van der Waals surface area contributed by atoms with Crippen LogP contribution in [0.3, 0.4) is 0 Å². The Bertz CT molecular complexity index is 196. The second-order valence-electron chi connectivity index (χ2n) is 4.36. The lowest BCUT2D eigenvalue weighted by molar-refractivity contribution is -0.121. The molecule has 2 rings (SSSR count). The zero-order chi connectivity index (χ0) is 10.4. The SMILES string of the molecule is CC1(C=O)CC=CO1.CCCC1CC1. The fourth-order valence-corrected chi connectivity index (χ4v) is 1.42. The number of rotatable bonds is 3. The molecular weight excluding hydrogens is 176 g/mol. The van der Waals surface area contributed by atoms with Crippen LogP contribution in [-0.2, 0) is 9.53 Å². The summed E-state index contributed by atoms with van der Waals surface area (Å²) in [5, 5.41) is 0. The Morgan fingerprint density at radius 3 is 2.50 bits per heavy atom. The van der Waals surface area contributed by atoms with Crippen LogP contribution in [0.1, 0.15) is 46.0 Å². The molecule has 1 unspecified atom stereocenters. The Kier molecular flexibility index (Phi) is 4.18. The van der Waals surface area contributed by atoms with Crippen LogP contribution in [0.4, 0.5) is 0 Å². The zero-order valence-corrected chi connectivity index (χ0v) is 9.16. The number of carbonyl (C=O) groups excluding carboxylic acids is 1. The fraction of sp³-hybridized carbons (Fsp3) is 0.750. The van der Waals surface area contributed by atoms with Gasteiger partial charge in [0.2, 0.25) is 0 Å². The zero-order valence-electron chi connectivity index (χ0n) is 9.16. The first-order valence-electron chi connectivity index (χ1n) is 5.49. The first-order valence-corrected chi connectivity index (χ1v) is 5.49.